The topological polar surface area (TPSA) is 71.5 Å². The van der Waals surface area contributed by atoms with Crippen molar-refractivity contribution >= 4 is 23.2 Å². The van der Waals surface area contributed by atoms with Gasteiger partial charge in [-0.1, -0.05) is 0 Å². The Morgan fingerprint density at radius 1 is 1.30 bits per heavy atom. The van der Waals surface area contributed by atoms with Crippen LogP contribution in [-0.2, 0) is 4.79 Å². The van der Waals surface area contributed by atoms with Crippen molar-refractivity contribution in [3.8, 4) is 5.75 Å². The van der Waals surface area contributed by atoms with Crippen molar-refractivity contribution in [1.29, 1.82) is 0 Å². The van der Waals surface area contributed by atoms with E-state index in [1.807, 2.05) is 6.92 Å². The standard InChI is InChI=1S/C17H17N3O3/c1-11-9-13(5-7-18-11)19-17(22)12-3-4-15-14(10-12)20(2)16(21)6-8-23-15/h3-5,7,9-10H,6,8H2,1-2H3,(H,18,19,22). The monoisotopic (exact) mass is 311 g/mol. The van der Waals surface area contributed by atoms with E-state index in [1.165, 1.54) is 4.90 Å². The lowest BCUT2D eigenvalue weighted by Crippen LogP contribution is -2.25. The molecule has 23 heavy (non-hydrogen) atoms. The van der Waals surface area contributed by atoms with Crippen LogP contribution in [0, 0.1) is 6.92 Å². The fourth-order valence-electron chi connectivity index (χ4n) is 2.42. The third-order valence-electron chi connectivity index (χ3n) is 3.68. The van der Waals surface area contributed by atoms with Gasteiger partial charge in [-0.25, -0.2) is 0 Å². The molecule has 2 aromatic rings. The Balaban J connectivity index is 1.87. The van der Waals surface area contributed by atoms with Crippen molar-refractivity contribution in [2.75, 3.05) is 23.9 Å². The fraction of sp³-hybridized carbons (Fsp3) is 0.235. The highest BCUT2D eigenvalue weighted by molar-refractivity contribution is 6.06. The molecule has 0 unspecified atom stereocenters. The molecule has 6 heteroatoms. The minimum Gasteiger partial charge on any atom is -0.491 e. The average molecular weight is 311 g/mol. The molecule has 0 bridgehead atoms. The lowest BCUT2D eigenvalue weighted by molar-refractivity contribution is -0.118. The number of ether oxygens (including phenoxy) is 1. The van der Waals surface area contributed by atoms with E-state index >= 15 is 0 Å². The molecular weight excluding hydrogens is 294 g/mol. The van der Waals surface area contributed by atoms with Crippen LogP contribution in [0.3, 0.4) is 0 Å². The minimum atomic E-state index is -0.247. The minimum absolute atomic E-state index is 0.0360. The van der Waals surface area contributed by atoms with Crippen molar-refractivity contribution in [3.63, 3.8) is 0 Å². The summed E-state index contributed by atoms with van der Waals surface area (Å²) in [4.78, 5) is 30.0. The van der Waals surface area contributed by atoms with Crippen molar-refractivity contribution in [3.05, 3.63) is 47.8 Å². The third kappa shape index (κ3) is 3.15. The Morgan fingerprint density at radius 3 is 2.91 bits per heavy atom. The molecule has 6 nitrogen and oxygen atoms in total. The highest BCUT2D eigenvalue weighted by Gasteiger charge is 2.21. The van der Waals surface area contributed by atoms with E-state index in [2.05, 4.69) is 10.3 Å². The highest BCUT2D eigenvalue weighted by Crippen LogP contribution is 2.31. The van der Waals surface area contributed by atoms with Gasteiger partial charge in [-0.2, -0.15) is 0 Å². The summed E-state index contributed by atoms with van der Waals surface area (Å²) >= 11 is 0. The molecule has 0 saturated heterocycles. The van der Waals surface area contributed by atoms with E-state index in [0.29, 0.717) is 35.7 Å². The molecule has 118 valence electrons. The van der Waals surface area contributed by atoms with E-state index < -0.39 is 0 Å². The van der Waals surface area contributed by atoms with E-state index in [1.54, 1.807) is 43.6 Å². The number of aromatic nitrogens is 1. The molecule has 1 aliphatic heterocycles. The van der Waals surface area contributed by atoms with Gasteiger partial charge in [0, 0.05) is 30.2 Å². The molecular formula is C17H17N3O3. The first-order valence-corrected chi connectivity index (χ1v) is 7.32. The summed E-state index contributed by atoms with van der Waals surface area (Å²) < 4.78 is 5.56. The van der Waals surface area contributed by atoms with Gasteiger partial charge >= 0.3 is 0 Å². The number of benzene rings is 1. The van der Waals surface area contributed by atoms with E-state index in [9.17, 15) is 9.59 Å². The number of amides is 2. The predicted octanol–water partition coefficient (Wildman–Crippen LogP) is 2.39. The summed E-state index contributed by atoms with van der Waals surface area (Å²) in [5.41, 5.74) is 2.57. The molecule has 3 rings (SSSR count). The molecule has 1 aromatic heterocycles. The van der Waals surface area contributed by atoms with Crippen LogP contribution < -0.4 is 15.0 Å². The predicted molar refractivity (Wildman–Crippen MR) is 86.9 cm³/mol. The van der Waals surface area contributed by atoms with Gasteiger partial charge in [0.25, 0.3) is 5.91 Å². The molecule has 1 N–H and O–H groups in total. The Kier molecular flexibility index (Phi) is 3.97. The van der Waals surface area contributed by atoms with Crippen LogP contribution in [-0.4, -0.2) is 30.5 Å². The van der Waals surface area contributed by atoms with Gasteiger partial charge in [0.15, 0.2) is 0 Å². The highest BCUT2D eigenvalue weighted by atomic mass is 16.5. The Labute approximate surface area is 134 Å². The van der Waals surface area contributed by atoms with Crippen LogP contribution in [0.2, 0.25) is 0 Å². The van der Waals surface area contributed by atoms with Gasteiger partial charge in [-0.3, -0.25) is 14.6 Å². The van der Waals surface area contributed by atoms with Gasteiger partial charge in [-0.05, 0) is 37.3 Å². The number of hydrogen-bond acceptors (Lipinski definition) is 4. The Hall–Kier alpha value is -2.89. The lowest BCUT2D eigenvalue weighted by atomic mass is 10.1. The average Bonchev–Trinajstić information content (AvgIpc) is 2.67. The zero-order valence-corrected chi connectivity index (χ0v) is 13.0. The second-order valence-corrected chi connectivity index (χ2v) is 5.37. The molecule has 0 saturated carbocycles. The second kappa shape index (κ2) is 6.08. The maximum atomic E-state index is 12.4. The maximum Gasteiger partial charge on any atom is 0.255 e. The number of hydrogen-bond donors (Lipinski definition) is 1. The molecule has 2 heterocycles. The van der Waals surface area contributed by atoms with Crippen molar-refractivity contribution < 1.29 is 14.3 Å². The molecule has 0 fully saturated rings. The maximum absolute atomic E-state index is 12.4. The first-order valence-electron chi connectivity index (χ1n) is 7.32. The largest absolute Gasteiger partial charge is 0.491 e. The number of rotatable bonds is 2. The third-order valence-corrected chi connectivity index (χ3v) is 3.68. The summed E-state index contributed by atoms with van der Waals surface area (Å²) in [6, 6.07) is 8.60. The smallest absolute Gasteiger partial charge is 0.255 e. The molecule has 0 atom stereocenters. The fourth-order valence-corrected chi connectivity index (χ4v) is 2.42. The van der Waals surface area contributed by atoms with Crippen LogP contribution in [0.4, 0.5) is 11.4 Å². The molecule has 0 aliphatic carbocycles. The molecule has 0 spiro atoms. The van der Waals surface area contributed by atoms with Gasteiger partial charge < -0.3 is 15.0 Å². The summed E-state index contributed by atoms with van der Waals surface area (Å²) in [5.74, 6) is 0.323. The number of pyridine rings is 1. The number of fused-ring (bicyclic) bond motifs is 1. The van der Waals surface area contributed by atoms with Crippen LogP contribution in [0.25, 0.3) is 0 Å². The van der Waals surface area contributed by atoms with Gasteiger partial charge in [0.2, 0.25) is 5.91 Å². The summed E-state index contributed by atoms with van der Waals surface area (Å²) in [6.07, 6.45) is 1.96. The number of anilines is 2. The van der Waals surface area contributed by atoms with Crippen LogP contribution in [0.1, 0.15) is 22.5 Å². The molecule has 0 radical (unpaired) electrons. The first-order chi connectivity index (χ1) is 11.0. The van der Waals surface area contributed by atoms with Crippen LogP contribution in [0.5, 0.6) is 5.75 Å². The quantitative estimate of drug-likeness (QED) is 0.924. The van der Waals surface area contributed by atoms with E-state index in [4.69, 9.17) is 4.74 Å². The SMILES string of the molecule is Cc1cc(NC(=O)c2ccc3c(c2)N(C)C(=O)CCO3)ccn1. The van der Waals surface area contributed by atoms with Crippen molar-refractivity contribution in [1.82, 2.24) is 4.98 Å². The zero-order valence-electron chi connectivity index (χ0n) is 13.0. The summed E-state index contributed by atoms with van der Waals surface area (Å²) in [7, 11) is 1.68. The Morgan fingerprint density at radius 2 is 2.13 bits per heavy atom. The number of carbonyl (C=O) groups is 2. The Bertz CT molecular complexity index is 773. The zero-order chi connectivity index (χ0) is 16.4. The van der Waals surface area contributed by atoms with Crippen molar-refractivity contribution in [2.45, 2.75) is 13.3 Å². The molecule has 1 aromatic carbocycles. The lowest BCUT2D eigenvalue weighted by Gasteiger charge is -2.17. The van der Waals surface area contributed by atoms with Gasteiger partial charge in [-0.15, -0.1) is 0 Å². The van der Waals surface area contributed by atoms with Crippen LogP contribution >= 0.6 is 0 Å². The van der Waals surface area contributed by atoms with Crippen LogP contribution in [0.15, 0.2) is 36.5 Å². The molecule has 1 aliphatic rings. The normalized spacial score (nSPS) is 13.8. The summed E-state index contributed by atoms with van der Waals surface area (Å²) in [6.45, 7) is 2.20. The van der Waals surface area contributed by atoms with Crippen molar-refractivity contribution in [2.24, 2.45) is 0 Å². The molecule has 2 amide bonds. The first kappa shape index (κ1) is 15.0. The summed E-state index contributed by atoms with van der Waals surface area (Å²) in [5, 5.41) is 2.82. The number of nitrogens with zero attached hydrogens (tertiary/aromatic N) is 2. The number of carbonyl (C=O) groups excluding carboxylic acids is 2. The van der Waals surface area contributed by atoms with Gasteiger partial charge in [0.05, 0.1) is 18.7 Å². The second-order valence-electron chi connectivity index (χ2n) is 5.37. The van der Waals surface area contributed by atoms with E-state index in [-0.39, 0.29) is 11.8 Å². The number of nitrogens with one attached hydrogen (secondary N) is 1. The van der Waals surface area contributed by atoms with Gasteiger partial charge in [0.1, 0.15) is 5.75 Å². The number of aryl methyl sites for hydroxylation is 1. The van der Waals surface area contributed by atoms with E-state index in [0.717, 1.165) is 5.69 Å².